The van der Waals surface area contributed by atoms with Gasteiger partial charge >= 0.3 is 6.72 Å². The van der Waals surface area contributed by atoms with Crippen LogP contribution in [0.2, 0.25) is 0 Å². The van der Waals surface area contributed by atoms with Gasteiger partial charge in [-0.3, -0.25) is 4.67 Å². The zero-order valence-electron chi connectivity index (χ0n) is 15.1. The second-order valence-electron chi connectivity index (χ2n) is 5.85. The number of aliphatic imine (C=N–C) groups is 1. The Kier molecular flexibility index (Phi) is 7.15. The summed E-state index contributed by atoms with van der Waals surface area (Å²) in [7, 11) is 1.75. The fourth-order valence-electron chi connectivity index (χ4n) is 1.92. The highest BCUT2D eigenvalue weighted by atomic mass is 32.7. The lowest BCUT2D eigenvalue weighted by Crippen LogP contribution is -2.16. The maximum atomic E-state index is 13.5. The van der Waals surface area contributed by atoms with Crippen LogP contribution in [0.4, 0.5) is 5.69 Å². The Labute approximate surface area is 154 Å². The van der Waals surface area contributed by atoms with Crippen LogP contribution in [0.15, 0.2) is 59.6 Å². The van der Waals surface area contributed by atoms with Crippen molar-refractivity contribution in [1.82, 2.24) is 4.67 Å². The third kappa shape index (κ3) is 5.94. The second kappa shape index (κ2) is 9.12. The van der Waals surface area contributed by atoms with Crippen molar-refractivity contribution < 1.29 is 9.09 Å². The molecule has 0 aliphatic heterocycles. The van der Waals surface area contributed by atoms with E-state index >= 15 is 0 Å². The van der Waals surface area contributed by atoms with Crippen molar-refractivity contribution in [3.63, 3.8) is 0 Å². The first-order valence-electron chi connectivity index (χ1n) is 8.30. The van der Waals surface area contributed by atoms with Crippen LogP contribution in [0.3, 0.4) is 0 Å². The van der Waals surface area contributed by atoms with Gasteiger partial charge in [0.2, 0.25) is 0 Å². The highest BCUT2D eigenvalue weighted by molar-refractivity contribution is 8.56. The number of benzene rings is 2. The van der Waals surface area contributed by atoms with Gasteiger partial charge in [0.05, 0.1) is 12.0 Å². The first kappa shape index (κ1) is 19.6. The average Bonchev–Trinajstić information content (AvgIpc) is 2.61. The van der Waals surface area contributed by atoms with Gasteiger partial charge in [0, 0.05) is 12.3 Å². The van der Waals surface area contributed by atoms with Gasteiger partial charge in [-0.25, -0.2) is 9.56 Å². The van der Waals surface area contributed by atoms with Gasteiger partial charge in [0.25, 0.3) is 0 Å². The molecule has 2 aromatic carbocycles. The summed E-state index contributed by atoms with van der Waals surface area (Å²) in [4.78, 5) is 4.42. The van der Waals surface area contributed by atoms with Gasteiger partial charge < -0.3 is 4.52 Å². The van der Waals surface area contributed by atoms with Crippen molar-refractivity contribution >= 4 is 30.1 Å². The molecule has 134 valence electrons. The number of hydrogen-bond acceptors (Lipinski definition) is 4. The highest BCUT2D eigenvalue weighted by Crippen LogP contribution is 2.62. The summed E-state index contributed by atoms with van der Waals surface area (Å²) in [6, 6.07) is 17.1. The maximum Gasteiger partial charge on any atom is 0.403 e. The van der Waals surface area contributed by atoms with E-state index < -0.39 is 6.72 Å². The third-order valence-electron chi connectivity index (χ3n) is 3.65. The van der Waals surface area contributed by atoms with Crippen LogP contribution in [-0.2, 0) is 4.57 Å². The van der Waals surface area contributed by atoms with E-state index in [-0.39, 0.29) is 5.25 Å². The molecule has 0 aliphatic rings. The minimum atomic E-state index is -3.15. The largest absolute Gasteiger partial charge is 0.422 e. The lowest BCUT2D eigenvalue weighted by atomic mass is 10.2. The summed E-state index contributed by atoms with van der Waals surface area (Å²) in [6.07, 6.45) is 2.50. The third-order valence-corrected chi connectivity index (χ3v) is 8.80. The van der Waals surface area contributed by atoms with Crippen LogP contribution in [0.1, 0.15) is 25.8 Å². The Morgan fingerprint density at radius 2 is 1.84 bits per heavy atom. The van der Waals surface area contributed by atoms with Crippen molar-refractivity contribution in [3.8, 4) is 5.75 Å². The van der Waals surface area contributed by atoms with E-state index in [1.807, 2.05) is 61.5 Å². The van der Waals surface area contributed by atoms with E-state index in [1.54, 1.807) is 18.1 Å². The molecule has 25 heavy (non-hydrogen) atoms. The van der Waals surface area contributed by atoms with Crippen molar-refractivity contribution in [3.05, 3.63) is 60.2 Å². The minimum Gasteiger partial charge on any atom is -0.422 e. The van der Waals surface area contributed by atoms with Crippen molar-refractivity contribution in [2.24, 2.45) is 4.99 Å². The molecule has 2 atom stereocenters. The standard InChI is InChI=1S/C19H25N2O2PS/c1-5-17(3)25-24(22,23-19-9-7-6-8-10-19)21(4)15-20-18-13-11-16(2)12-14-18/h6-15,17H,5H2,1-4H3. The molecule has 0 fully saturated rings. The topological polar surface area (TPSA) is 41.9 Å². The number of para-hydroxylation sites is 1. The molecule has 2 rings (SSSR count). The second-order valence-corrected chi connectivity index (χ2v) is 10.6. The molecule has 0 radical (unpaired) electrons. The molecule has 6 heteroatoms. The molecular formula is C19H25N2O2PS. The maximum absolute atomic E-state index is 13.5. The summed E-state index contributed by atoms with van der Waals surface area (Å²) >= 11 is 1.36. The fraction of sp³-hybridized carbons (Fsp3) is 0.316. The van der Waals surface area contributed by atoms with E-state index in [2.05, 4.69) is 18.8 Å². The van der Waals surface area contributed by atoms with Crippen LogP contribution in [0, 0.1) is 6.92 Å². The molecular weight excluding hydrogens is 351 g/mol. The Morgan fingerprint density at radius 1 is 1.20 bits per heavy atom. The molecule has 0 N–H and O–H groups in total. The SMILES string of the molecule is CCC(C)SP(=O)(Oc1ccccc1)N(C)C=Nc1ccc(C)cc1. The lowest BCUT2D eigenvalue weighted by molar-refractivity contribution is 0.462. The predicted octanol–water partition coefficient (Wildman–Crippen LogP) is 6.31. The first-order chi connectivity index (χ1) is 11.9. The predicted molar refractivity (Wildman–Crippen MR) is 109 cm³/mol. The first-order valence-corrected chi connectivity index (χ1v) is 11.4. The average molecular weight is 376 g/mol. The van der Waals surface area contributed by atoms with E-state index in [1.165, 1.54) is 16.9 Å². The molecule has 0 aromatic heterocycles. The summed E-state index contributed by atoms with van der Waals surface area (Å²) in [5, 5.41) is 0.213. The van der Waals surface area contributed by atoms with Crippen molar-refractivity contribution in [2.75, 3.05) is 7.05 Å². The highest BCUT2D eigenvalue weighted by Gasteiger charge is 2.32. The normalized spacial score (nSPS) is 14.9. The van der Waals surface area contributed by atoms with Crippen LogP contribution in [0.5, 0.6) is 5.75 Å². The Balaban J connectivity index is 2.20. The molecule has 0 amide bonds. The minimum absolute atomic E-state index is 0.213. The molecule has 2 aromatic rings. The molecule has 2 unspecified atom stereocenters. The molecule has 0 spiro atoms. The van der Waals surface area contributed by atoms with E-state index in [0.717, 1.165) is 12.1 Å². The number of rotatable bonds is 8. The van der Waals surface area contributed by atoms with Crippen molar-refractivity contribution in [1.29, 1.82) is 0 Å². The molecule has 0 saturated heterocycles. The Bertz CT molecular complexity index is 735. The number of aryl methyl sites for hydroxylation is 1. The summed E-state index contributed by atoms with van der Waals surface area (Å²) in [6.45, 7) is 3.01. The lowest BCUT2D eigenvalue weighted by Gasteiger charge is -2.27. The van der Waals surface area contributed by atoms with E-state index in [9.17, 15) is 4.57 Å². The van der Waals surface area contributed by atoms with Gasteiger partial charge in [-0.15, -0.1) is 0 Å². The van der Waals surface area contributed by atoms with Crippen molar-refractivity contribution in [2.45, 2.75) is 32.4 Å². The summed E-state index contributed by atoms with van der Waals surface area (Å²) < 4.78 is 21.0. The van der Waals surface area contributed by atoms with Gasteiger partial charge in [-0.05, 0) is 49.0 Å². The Hall–Kier alpha value is -1.71. The van der Waals surface area contributed by atoms with Gasteiger partial charge in [-0.1, -0.05) is 49.7 Å². The zero-order valence-corrected chi connectivity index (χ0v) is 16.8. The van der Waals surface area contributed by atoms with Crippen LogP contribution < -0.4 is 4.52 Å². The smallest absolute Gasteiger partial charge is 0.403 e. The van der Waals surface area contributed by atoms with Gasteiger partial charge in [0.1, 0.15) is 5.75 Å². The number of hydrogen-bond donors (Lipinski definition) is 0. The number of nitrogens with zero attached hydrogens (tertiary/aromatic N) is 2. The van der Waals surface area contributed by atoms with E-state index in [4.69, 9.17) is 4.52 Å². The van der Waals surface area contributed by atoms with E-state index in [0.29, 0.717) is 5.75 Å². The quantitative estimate of drug-likeness (QED) is 0.308. The molecule has 0 saturated carbocycles. The molecule has 0 aliphatic carbocycles. The molecule has 0 bridgehead atoms. The monoisotopic (exact) mass is 376 g/mol. The van der Waals surface area contributed by atoms with Crippen LogP contribution >= 0.6 is 18.1 Å². The summed E-state index contributed by atoms with van der Waals surface area (Å²) in [5.41, 5.74) is 2.00. The van der Waals surface area contributed by atoms with Crippen LogP contribution in [0.25, 0.3) is 0 Å². The van der Waals surface area contributed by atoms with Gasteiger partial charge in [-0.2, -0.15) is 0 Å². The fourth-order valence-corrected chi connectivity index (χ4v) is 6.18. The van der Waals surface area contributed by atoms with Crippen LogP contribution in [-0.4, -0.2) is 23.3 Å². The Morgan fingerprint density at radius 3 is 2.44 bits per heavy atom. The zero-order chi connectivity index (χ0) is 18.3. The molecule has 0 heterocycles. The molecule has 4 nitrogen and oxygen atoms in total. The summed E-state index contributed by atoms with van der Waals surface area (Å²) in [5.74, 6) is 0.595. The van der Waals surface area contributed by atoms with Gasteiger partial charge in [0.15, 0.2) is 0 Å².